The van der Waals surface area contributed by atoms with Gasteiger partial charge in [-0.25, -0.2) is 9.18 Å². The number of carbonyl (C=O) groups excluding carboxylic acids is 2. The average molecular weight is 448 g/mol. The van der Waals surface area contributed by atoms with Crippen molar-refractivity contribution in [2.75, 3.05) is 17.3 Å². The molecule has 0 radical (unpaired) electrons. The van der Waals surface area contributed by atoms with Gasteiger partial charge in [0.25, 0.3) is 0 Å². The molecule has 0 saturated carbocycles. The van der Waals surface area contributed by atoms with E-state index in [2.05, 4.69) is 10.6 Å². The lowest BCUT2D eigenvalue weighted by Gasteiger charge is -2.37. The van der Waals surface area contributed by atoms with Crippen LogP contribution in [0.15, 0.2) is 53.7 Å². The Hall–Kier alpha value is -2.97. The maximum atomic E-state index is 13.6. The largest absolute Gasteiger partial charge is 0.466 e. The van der Waals surface area contributed by atoms with E-state index in [4.69, 9.17) is 28.6 Å². The molecule has 0 aliphatic carbocycles. The third kappa shape index (κ3) is 4.29. The number of ether oxygens (including phenoxy) is 1. The van der Waals surface area contributed by atoms with Crippen molar-refractivity contribution in [3.8, 4) is 0 Å². The highest BCUT2D eigenvalue weighted by Gasteiger charge is 2.35. The van der Waals surface area contributed by atoms with Gasteiger partial charge in [0.2, 0.25) is 5.91 Å². The molecule has 0 aromatic heterocycles. The Morgan fingerprint density at radius 3 is 2.47 bits per heavy atom. The Bertz CT molecular complexity index is 1060. The molecule has 6 nitrogen and oxygen atoms in total. The van der Waals surface area contributed by atoms with Gasteiger partial charge in [-0.15, -0.1) is 0 Å². The summed E-state index contributed by atoms with van der Waals surface area (Å²) in [5.74, 6) is -1.26. The van der Waals surface area contributed by atoms with Crippen molar-refractivity contribution >= 4 is 52.2 Å². The molecular weight excluding hydrogens is 429 g/mol. The highest BCUT2D eigenvalue weighted by atomic mass is 35.5. The number of rotatable bonds is 4. The number of esters is 1. The van der Waals surface area contributed by atoms with E-state index in [1.165, 1.54) is 32.2 Å². The zero-order valence-corrected chi connectivity index (χ0v) is 18.0. The summed E-state index contributed by atoms with van der Waals surface area (Å²) in [4.78, 5) is 25.5. The van der Waals surface area contributed by atoms with Gasteiger partial charge in [0.1, 0.15) is 5.82 Å². The first kappa shape index (κ1) is 21.7. The Morgan fingerprint density at radius 2 is 1.90 bits per heavy atom. The highest BCUT2D eigenvalue weighted by molar-refractivity contribution is 7.80. The summed E-state index contributed by atoms with van der Waals surface area (Å²) in [7, 11) is 1.30. The van der Waals surface area contributed by atoms with Gasteiger partial charge in [-0.1, -0.05) is 23.7 Å². The predicted molar refractivity (Wildman–Crippen MR) is 118 cm³/mol. The second-order valence-electron chi connectivity index (χ2n) is 6.61. The zero-order chi connectivity index (χ0) is 22.0. The number of thiocarbonyl (C=S) groups is 1. The average Bonchev–Trinajstić information content (AvgIpc) is 2.70. The van der Waals surface area contributed by atoms with Crippen LogP contribution in [0.3, 0.4) is 0 Å². The minimum absolute atomic E-state index is 0.0570. The van der Waals surface area contributed by atoms with Gasteiger partial charge in [-0.2, -0.15) is 0 Å². The van der Waals surface area contributed by atoms with Crippen LogP contribution in [0.5, 0.6) is 0 Å². The molecule has 2 aromatic carbocycles. The monoisotopic (exact) mass is 447 g/mol. The number of carbonyl (C=O) groups is 2. The molecule has 30 heavy (non-hydrogen) atoms. The van der Waals surface area contributed by atoms with E-state index in [0.29, 0.717) is 27.8 Å². The van der Waals surface area contributed by atoms with Crippen molar-refractivity contribution in [2.24, 2.45) is 0 Å². The molecule has 1 heterocycles. The fraction of sp³-hybridized carbons (Fsp3) is 0.190. The number of nitrogens with one attached hydrogen (secondary N) is 2. The molecule has 1 aliphatic heterocycles. The van der Waals surface area contributed by atoms with Crippen LogP contribution in [0.2, 0.25) is 5.02 Å². The molecule has 0 fully saturated rings. The fourth-order valence-electron chi connectivity index (χ4n) is 3.26. The van der Waals surface area contributed by atoms with Gasteiger partial charge in [0.15, 0.2) is 5.11 Å². The summed E-state index contributed by atoms with van der Waals surface area (Å²) in [6.45, 7) is 3.15. The molecule has 2 aromatic rings. The molecule has 156 valence electrons. The van der Waals surface area contributed by atoms with Gasteiger partial charge < -0.3 is 15.4 Å². The zero-order valence-electron chi connectivity index (χ0n) is 16.5. The Labute approximate surface area is 183 Å². The van der Waals surface area contributed by atoms with Crippen LogP contribution in [0.4, 0.5) is 15.8 Å². The molecule has 9 heteroatoms. The molecule has 3 rings (SSSR count). The maximum absolute atomic E-state index is 13.6. The third-order valence-electron chi connectivity index (χ3n) is 4.62. The minimum Gasteiger partial charge on any atom is -0.466 e. The SMILES string of the molecule is COC(=O)C1=C(C)N(c2ccc(F)c(Cl)c2)C(=S)N[C@H]1c1ccc(NC(C)=O)cc1. The maximum Gasteiger partial charge on any atom is 0.337 e. The van der Waals surface area contributed by atoms with E-state index in [9.17, 15) is 14.0 Å². The Kier molecular flexibility index (Phi) is 6.38. The lowest BCUT2D eigenvalue weighted by molar-refractivity contribution is -0.136. The van der Waals surface area contributed by atoms with Crippen molar-refractivity contribution < 1.29 is 18.7 Å². The van der Waals surface area contributed by atoms with Gasteiger partial charge in [-0.3, -0.25) is 9.69 Å². The number of nitrogens with zero attached hydrogens (tertiary/aromatic N) is 1. The topological polar surface area (TPSA) is 70.7 Å². The molecule has 0 saturated heterocycles. The Morgan fingerprint density at radius 1 is 1.23 bits per heavy atom. The summed E-state index contributed by atoms with van der Waals surface area (Å²) >= 11 is 11.5. The van der Waals surface area contributed by atoms with Crippen LogP contribution in [0, 0.1) is 5.82 Å². The van der Waals surface area contributed by atoms with Crippen LogP contribution in [-0.4, -0.2) is 24.1 Å². The van der Waals surface area contributed by atoms with E-state index in [1.54, 1.807) is 36.1 Å². The molecular formula is C21H19ClFN3O3S. The number of anilines is 2. The molecule has 1 aliphatic rings. The standard InChI is InChI=1S/C21H19ClFN3O3S/c1-11-18(20(28)29-3)19(13-4-6-14(7-5-13)24-12(2)27)25-21(30)26(11)15-8-9-17(23)16(22)10-15/h4-10,19H,1-3H3,(H,24,27)(H,25,30)/t19-/m0/s1. The molecule has 1 atom stereocenters. The smallest absolute Gasteiger partial charge is 0.337 e. The van der Waals surface area contributed by atoms with E-state index in [0.717, 1.165) is 5.56 Å². The first-order valence-corrected chi connectivity index (χ1v) is 9.74. The van der Waals surface area contributed by atoms with Crippen LogP contribution in [0.25, 0.3) is 0 Å². The van der Waals surface area contributed by atoms with Crippen molar-refractivity contribution in [3.05, 3.63) is 70.1 Å². The van der Waals surface area contributed by atoms with Gasteiger partial charge in [-0.05, 0) is 55.0 Å². The minimum atomic E-state index is -0.566. The molecule has 0 unspecified atom stereocenters. The quantitative estimate of drug-likeness (QED) is 0.537. The summed E-state index contributed by atoms with van der Waals surface area (Å²) < 4.78 is 18.6. The number of allylic oxidation sites excluding steroid dienone is 1. The van der Waals surface area contributed by atoms with Crippen molar-refractivity contribution in [1.29, 1.82) is 0 Å². The summed E-state index contributed by atoms with van der Waals surface area (Å²) in [6.07, 6.45) is 0. The Balaban J connectivity index is 2.06. The molecule has 0 spiro atoms. The number of halogens is 2. The van der Waals surface area contributed by atoms with Crippen molar-refractivity contribution in [3.63, 3.8) is 0 Å². The van der Waals surface area contributed by atoms with E-state index in [-0.39, 0.29) is 10.9 Å². The van der Waals surface area contributed by atoms with Gasteiger partial charge in [0.05, 0.1) is 23.7 Å². The first-order valence-electron chi connectivity index (χ1n) is 8.95. The molecule has 0 bridgehead atoms. The van der Waals surface area contributed by atoms with Crippen LogP contribution < -0.4 is 15.5 Å². The summed E-state index contributed by atoms with van der Waals surface area (Å²) in [6, 6.07) is 10.7. The third-order valence-corrected chi connectivity index (χ3v) is 5.21. The number of benzene rings is 2. The number of hydrogen-bond donors (Lipinski definition) is 2. The van der Waals surface area contributed by atoms with E-state index in [1.807, 2.05) is 0 Å². The van der Waals surface area contributed by atoms with Gasteiger partial charge in [0, 0.05) is 24.0 Å². The van der Waals surface area contributed by atoms with E-state index < -0.39 is 17.8 Å². The number of amides is 1. The number of methoxy groups -OCH3 is 1. The summed E-state index contributed by atoms with van der Waals surface area (Å²) in [5, 5.41) is 6.10. The van der Waals surface area contributed by atoms with Gasteiger partial charge >= 0.3 is 5.97 Å². The predicted octanol–water partition coefficient (Wildman–Crippen LogP) is 4.32. The second kappa shape index (κ2) is 8.81. The first-order chi connectivity index (χ1) is 14.2. The van der Waals surface area contributed by atoms with E-state index >= 15 is 0 Å². The van der Waals surface area contributed by atoms with Crippen LogP contribution in [0.1, 0.15) is 25.5 Å². The second-order valence-corrected chi connectivity index (χ2v) is 7.40. The van der Waals surface area contributed by atoms with Crippen molar-refractivity contribution in [2.45, 2.75) is 19.9 Å². The highest BCUT2D eigenvalue weighted by Crippen LogP contribution is 2.35. The van der Waals surface area contributed by atoms with Crippen LogP contribution in [-0.2, 0) is 14.3 Å². The lowest BCUT2D eigenvalue weighted by Crippen LogP contribution is -2.48. The lowest BCUT2D eigenvalue weighted by atomic mass is 9.94. The molecule has 2 N–H and O–H groups in total. The summed E-state index contributed by atoms with van der Waals surface area (Å²) in [5.41, 5.74) is 2.77. The fourth-order valence-corrected chi connectivity index (χ4v) is 3.80. The normalized spacial score (nSPS) is 16.2. The molecule has 1 amide bonds. The number of hydrogen-bond acceptors (Lipinski definition) is 4. The van der Waals surface area contributed by atoms with Crippen LogP contribution >= 0.6 is 23.8 Å². The van der Waals surface area contributed by atoms with Crippen molar-refractivity contribution in [1.82, 2.24) is 5.32 Å².